The lowest BCUT2D eigenvalue weighted by Crippen LogP contribution is -2.30. The van der Waals surface area contributed by atoms with Crippen LogP contribution in [-0.2, 0) is 6.42 Å². The molecule has 0 saturated heterocycles. The summed E-state index contributed by atoms with van der Waals surface area (Å²) in [6.45, 7) is 5.77. The highest BCUT2D eigenvalue weighted by atomic mass is 19.1. The molecule has 1 aromatic rings. The Hall–Kier alpha value is -0.890. The van der Waals surface area contributed by atoms with Gasteiger partial charge in [-0.15, -0.1) is 0 Å². The molecule has 98 valence electrons. The highest BCUT2D eigenvalue weighted by Gasteiger charge is 2.45. The van der Waals surface area contributed by atoms with Crippen LogP contribution in [0.3, 0.4) is 0 Å². The van der Waals surface area contributed by atoms with Crippen LogP contribution in [0.15, 0.2) is 18.2 Å². The normalized spacial score (nSPS) is 24.3. The summed E-state index contributed by atoms with van der Waals surface area (Å²) in [6.07, 6.45) is 4.85. The van der Waals surface area contributed by atoms with E-state index in [2.05, 4.69) is 19.2 Å². The molecule has 18 heavy (non-hydrogen) atoms. The van der Waals surface area contributed by atoms with Crippen LogP contribution in [0, 0.1) is 17.2 Å². The third kappa shape index (κ3) is 2.07. The van der Waals surface area contributed by atoms with Gasteiger partial charge in [-0.3, -0.25) is 0 Å². The summed E-state index contributed by atoms with van der Waals surface area (Å²) in [5, 5.41) is 3.72. The van der Waals surface area contributed by atoms with Crippen molar-refractivity contribution in [1.82, 2.24) is 5.32 Å². The van der Waals surface area contributed by atoms with Gasteiger partial charge >= 0.3 is 0 Å². The van der Waals surface area contributed by atoms with Crippen molar-refractivity contribution in [2.45, 2.75) is 45.6 Å². The molecule has 3 rings (SSSR count). The summed E-state index contributed by atoms with van der Waals surface area (Å²) in [6, 6.07) is 5.70. The topological polar surface area (TPSA) is 12.0 Å². The van der Waals surface area contributed by atoms with Crippen molar-refractivity contribution < 1.29 is 4.39 Å². The molecule has 0 heterocycles. The van der Waals surface area contributed by atoms with Crippen molar-refractivity contribution in [2.75, 3.05) is 6.54 Å². The first-order chi connectivity index (χ1) is 8.61. The number of hydrogen-bond acceptors (Lipinski definition) is 1. The molecule has 1 nitrogen and oxygen atoms in total. The summed E-state index contributed by atoms with van der Waals surface area (Å²) in [7, 11) is 0. The van der Waals surface area contributed by atoms with E-state index in [0.717, 1.165) is 25.3 Å². The molecular formula is C16H22FN. The minimum absolute atomic E-state index is 0.102. The van der Waals surface area contributed by atoms with E-state index in [0.29, 0.717) is 11.5 Å². The third-order valence-electron chi connectivity index (χ3n) is 5.00. The van der Waals surface area contributed by atoms with Gasteiger partial charge in [0.1, 0.15) is 5.82 Å². The van der Waals surface area contributed by atoms with Crippen molar-refractivity contribution in [2.24, 2.45) is 11.3 Å². The van der Waals surface area contributed by atoms with Gasteiger partial charge in [-0.25, -0.2) is 4.39 Å². The molecule has 1 unspecified atom stereocenters. The Kier molecular flexibility index (Phi) is 2.93. The minimum Gasteiger partial charge on any atom is -0.309 e. The Morgan fingerprint density at radius 3 is 2.83 bits per heavy atom. The maximum absolute atomic E-state index is 13.2. The second kappa shape index (κ2) is 4.34. The van der Waals surface area contributed by atoms with Crippen LogP contribution in [0.5, 0.6) is 0 Å². The molecule has 1 atom stereocenters. The molecule has 1 aromatic carbocycles. The molecule has 2 aliphatic carbocycles. The SMILES string of the molecule is CC(C)C1(CNC2CCc3cc(F)ccc32)CC1. The van der Waals surface area contributed by atoms with Crippen molar-refractivity contribution in [1.29, 1.82) is 0 Å². The van der Waals surface area contributed by atoms with Gasteiger partial charge in [-0.05, 0) is 60.3 Å². The standard InChI is InChI=1S/C16H22FN/c1-11(2)16(7-8-16)10-18-15-6-3-12-9-13(17)4-5-14(12)15/h4-5,9,11,15,18H,3,6-8,10H2,1-2H3. The van der Waals surface area contributed by atoms with Gasteiger partial charge in [0.2, 0.25) is 0 Å². The van der Waals surface area contributed by atoms with E-state index in [4.69, 9.17) is 0 Å². The van der Waals surface area contributed by atoms with E-state index in [1.165, 1.54) is 24.0 Å². The zero-order chi connectivity index (χ0) is 12.8. The van der Waals surface area contributed by atoms with Crippen LogP contribution in [-0.4, -0.2) is 6.54 Å². The molecule has 2 aliphatic rings. The molecule has 0 bridgehead atoms. The number of benzene rings is 1. The number of hydrogen-bond donors (Lipinski definition) is 1. The van der Waals surface area contributed by atoms with Crippen LogP contribution in [0.4, 0.5) is 4.39 Å². The van der Waals surface area contributed by atoms with E-state index in [1.807, 2.05) is 6.07 Å². The fourth-order valence-electron chi connectivity index (χ4n) is 3.24. The van der Waals surface area contributed by atoms with Gasteiger partial charge < -0.3 is 5.32 Å². The Morgan fingerprint density at radius 1 is 1.39 bits per heavy atom. The van der Waals surface area contributed by atoms with Crippen LogP contribution in [0.2, 0.25) is 0 Å². The van der Waals surface area contributed by atoms with E-state index in [1.54, 1.807) is 12.1 Å². The molecule has 0 spiro atoms. The Morgan fingerprint density at radius 2 is 2.17 bits per heavy atom. The largest absolute Gasteiger partial charge is 0.309 e. The monoisotopic (exact) mass is 247 g/mol. The molecule has 0 radical (unpaired) electrons. The molecule has 0 aliphatic heterocycles. The first-order valence-electron chi connectivity index (χ1n) is 7.12. The average molecular weight is 247 g/mol. The second-order valence-corrected chi connectivity index (χ2v) is 6.33. The zero-order valence-electron chi connectivity index (χ0n) is 11.3. The maximum Gasteiger partial charge on any atom is 0.123 e. The van der Waals surface area contributed by atoms with E-state index < -0.39 is 0 Å². The molecule has 2 heteroatoms. The van der Waals surface area contributed by atoms with Gasteiger partial charge in [0.25, 0.3) is 0 Å². The van der Waals surface area contributed by atoms with E-state index in [-0.39, 0.29) is 5.82 Å². The number of nitrogens with one attached hydrogen (secondary N) is 1. The summed E-state index contributed by atoms with van der Waals surface area (Å²) in [4.78, 5) is 0. The maximum atomic E-state index is 13.2. The minimum atomic E-state index is -0.102. The summed E-state index contributed by atoms with van der Waals surface area (Å²) < 4.78 is 13.2. The summed E-state index contributed by atoms with van der Waals surface area (Å²) in [5.41, 5.74) is 3.06. The predicted molar refractivity (Wildman–Crippen MR) is 72.0 cm³/mol. The molecular weight excluding hydrogens is 225 g/mol. The van der Waals surface area contributed by atoms with Gasteiger partial charge in [-0.2, -0.15) is 0 Å². The molecule has 0 aromatic heterocycles. The molecule has 1 N–H and O–H groups in total. The summed E-state index contributed by atoms with van der Waals surface area (Å²) in [5.74, 6) is 0.661. The fraction of sp³-hybridized carbons (Fsp3) is 0.625. The first-order valence-corrected chi connectivity index (χ1v) is 7.12. The highest BCUT2D eigenvalue weighted by molar-refractivity contribution is 5.35. The van der Waals surface area contributed by atoms with Crippen LogP contribution in [0.1, 0.15) is 50.3 Å². The lowest BCUT2D eigenvalue weighted by molar-refractivity contribution is 0.320. The zero-order valence-corrected chi connectivity index (χ0v) is 11.3. The van der Waals surface area contributed by atoms with Crippen molar-refractivity contribution >= 4 is 0 Å². The van der Waals surface area contributed by atoms with Crippen molar-refractivity contribution in [3.63, 3.8) is 0 Å². The lowest BCUT2D eigenvalue weighted by atomic mass is 9.92. The van der Waals surface area contributed by atoms with Gasteiger partial charge in [0.05, 0.1) is 0 Å². The molecule has 1 fully saturated rings. The quantitative estimate of drug-likeness (QED) is 0.852. The lowest BCUT2D eigenvalue weighted by Gasteiger charge is -2.23. The van der Waals surface area contributed by atoms with Crippen LogP contribution < -0.4 is 5.32 Å². The first kappa shape index (κ1) is 12.2. The fourth-order valence-corrected chi connectivity index (χ4v) is 3.24. The van der Waals surface area contributed by atoms with Gasteiger partial charge in [0.15, 0.2) is 0 Å². The molecule has 1 saturated carbocycles. The predicted octanol–water partition coefficient (Wildman–Crippen LogP) is 3.84. The number of halogens is 1. The van der Waals surface area contributed by atoms with Crippen LogP contribution in [0.25, 0.3) is 0 Å². The van der Waals surface area contributed by atoms with Crippen LogP contribution >= 0.6 is 0 Å². The van der Waals surface area contributed by atoms with E-state index in [9.17, 15) is 4.39 Å². The van der Waals surface area contributed by atoms with Gasteiger partial charge in [0, 0.05) is 12.6 Å². The number of fused-ring (bicyclic) bond motifs is 1. The van der Waals surface area contributed by atoms with Gasteiger partial charge in [-0.1, -0.05) is 19.9 Å². The Balaban J connectivity index is 1.67. The number of rotatable bonds is 4. The Labute approximate surface area is 109 Å². The second-order valence-electron chi connectivity index (χ2n) is 6.33. The summed E-state index contributed by atoms with van der Waals surface area (Å²) >= 11 is 0. The van der Waals surface area contributed by atoms with Crippen molar-refractivity contribution in [3.8, 4) is 0 Å². The van der Waals surface area contributed by atoms with E-state index >= 15 is 0 Å². The van der Waals surface area contributed by atoms with Crippen molar-refractivity contribution in [3.05, 3.63) is 35.1 Å². The number of aryl methyl sites for hydroxylation is 1. The third-order valence-corrected chi connectivity index (χ3v) is 5.00. The smallest absolute Gasteiger partial charge is 0.123 e. The molecule has 0 amide bonds. The highest BCUT2D eigenvalue weighted by Crippen LogP contribution is 2.51. The average Bonchev–Trinajstić information content (AvgIpc) is 3.03. The Bertz CT molecular complexity index is 448.